The lowest BCUT2D eigenvalue weighted by atomic mass is 9.94. The van der Waals surface area contributed by atoms with Crippen molar-refractivity contribution in [3.8, 4) is 67.5 Å². The molecule has 56 heavy (non-hydrogen) atoms. The summed E-state index contributed by atoms with van der Waals surface area (Å²) in [5, 5.41) is 5.12. The van der Waals surface area contributed by atoms with Gasteiger partial charge in [-0.2, -0.15) is 0 Å². The van der Waals surface area contributed by atoms with Crippen LogP contribution in [-0.2, 0) is 0 Å². The van der Waals surface area contributed by atoms with E-state index in [9.17, 15) is 0 Å². The fraction of sp³-hybridized carbons (Fsp3) is 0. The fourth-order valence-electron chi connectivity index (χ4n) is 7.78. The minimum Gasteiger partial charge on any atom is -0.208 e. The molecule has 3 aromatic heterocycles. The van der Waals surface area contributed by atoms with Crippen molar-refractivity contribution in [3.05, 3.63) is 188 Å². The summed E-state index contributed by atoms with van der Waals surface area (Å²) in [6, 6.07) is 66.9. The molecule has 0 atom stereocenters. The number of rotatable bonds is 6. The monoisotopic (exact) mass is 749 g/mol. The highest BCUT2D eigenvalue weighted by atomic mass is 32.1. The molecule has 0 bridgehead atoms. The lowest BCUT2D eigenvalue weighted by Gasteiger charge is -2.10. The molecule has 0 amide bonds. The molecule has 0 unspecified atom stereocenters. The van der Waals surface area contributed by atoms with E-state index in [1.165, 1.54) is 62.6 Å². The highest BCUT2D eigenvalue weighted by Crippen LogP contribution is 2.45. The Morgan fingerprint density at radius 3 is 1.45 bits per heavy atom. The largest absolute Gasteiger partial charge is 0.208 e. The first-order chi connectivity index (χ1) is 27.7. The van der Waals surface area contributed by atoms with Gasteiger partial charge in [0.2, 0.25) is 0 Å². The molecule has 0 aliphatic carbocycles. The minimum absolute atomic E-state index is 0.651. The molecule has 262 valence electrons. The van der Waals surface area contributed by atoms with E-state index in [-0.39, 0.29) is 0 Å². The zero-order valence-corrected chi connectivity index (χ0v) is 31.7. The van der Waals surface area contributed by atoms with Gasteiger partial charge in [-0.15, -0.1) is 22.7 Å². The Morgan fingerprint density at radius 2 is 0.750 bits per heavy atom. The lowest BCUT2D eigenvalue weighted by molar-refractivity contribution is 1.07. The van der Waals surface area contributed by atoms with Crippen LogP contribution in [0.2, 0.25) is 0 Å². The van der Waals surface area contributed by atoms with Gasteiger partial charge in [-0.25, -0.2) is 15.0 Å². The Morgan fingerprint density at radius 1 is 0.268 bits per heavy atom. The Balaban J connectivity index is 1.04. The molecule has 3 nitrogen and oxygen atoms in total. The van der Waals surface area contributed by atoms with Crippen LogP contribution < -0.4 is 0 Å². The summed E-state index contributed by atoms with van der Waals surface area (Å²) < 4.78 is 5.08. The molecule has 3 heterocycles. The van der Waals surface area contributed by atoms with E-state index in [2.05, 4.69) is 164 Å². The molecule has 0 spiro atoms. The van der Waals surface area contributed by atoms with Gasteiger partial charge in [0.25, 0.3) is 0 Å². The van der Waals surface area contributed by atoms with Crippen LogP contribution in [0, 0.1) is 0 Å². The van der Waals surface area contributed by atoms with Crippen molar-refractivity contribution in [2.75, 3.05) is 0 Å². The number of fused-ring (bicyclic) bond motifs is 6. The first-order valence-electron chi connectivity index (χ1n) is 18.7. The van der Waals surface area contributed by atoms with Crippen LogP contribution in [0.3, 0.4) is 0 Å². The smallest absolute Gasteiger partial charge is 0.164 e. The molecule has 0 aliphatic heterocycles. The summed E-state index contributed by atoms with van der Waals surface area (Å²) in [6.45, 7) is 0. The number of nitrogens with zero attached hydrogens (tertiary/aromatic N) is 3. The van der Waals surface area contributed by atoms with Gasteiger partial charge in [-0.05, 0) is 69.8 Å². The number of aromatic nitrogens is 3. The summed E-state index contributed by atoms with van der Waals surface area (Å²) in [6.07, 6.45) is 0. The maximum Gasteiger partial charge on any atom is 0.164 e. The van der Waals surface area contributed by atoms with E-state index >= 15 is 0 Å². The maximum absolute atomic E-state index is 5.11. The number of benzene rings is 8. The van der Waals surface area contributed by atoms with Crippen molar-refractivity contribution in [1.29, 1.82) is 0 Å². The first-order valence-corrected chi connectivity index (χ1v) is 20.3. The third-order valence-corrected chi connectivity index (χ3v) is 12.8. The normalized spacial score (nSPS) is 11.6. The van der Waals surface area contributed by atoms with Crippen LogP contribution in [0.25, 0.3) is 108 Å². The van der Waals surface area contributed by atoms with E-state index in [1.54, 1.807) is 0 Å². The van der Waals surface area contributed by atoms with Crippen molar-refractivity contribution < 1.29 is 0 Å². The lowest BCUT2D eigenvalue weighted by Crippen LogP contribution is -2.00. The van der Waals surface area contributed by atoms with Crippen LogP contribution in [0.5, 0.6) is 0 Å². The van der Waals surface area contributed by atoms with E-state index in [0.717, 1.165) is 27.8 Å². The molecule has 0 fully saturated rings. The molecular formula is C51H31N3S2. The number of hydrogen-bond acceptors (Lipinski definition) is 5. The van der Waals surface area contributed by atoms with Crippen LogP contribution >= 0.6 is 22.7 Å². The molecule has 5 heteroatoms. The average molecular weight is 750 g/mol. The molecule has 0 radical (unpaired) electrons. The standard InChI is InChI=1S/C51H31N3S2/c1-4-13-32(14-5-1)35-19-12-20-37(27-35)50-52-49(34-17-8-3-9-18-34)53-51(54-50)38-24-26-41-40-25-23-36(29-45(40)56-46(41)30-38)43-28-39(33-15-6-2-7-16-33)31-47-48(43)42-21-10-11-22-44(42)55-47/h1-31H. The summed E-state index contributed by atoms with van der Waals surface area (Å²) >= 11 is 3.69. The Kier molecular flexibility index (Phi) is 7.87. The second-order valence-corrected chi connectivity index (χ2v) is 16.2. The zero-order chi connectivity index (χ0) is 37.0. The van der Waals surface area contributed by atoms with E-state index < -0.39 is 0 Å². The summed E-state index contributed by atoms with van der Waals surface area (Å²) in [5.74, 6) is 1.96. The van der Waals surface area contributed by atoms with Gasteiger partial charge >= 0.3 is 0 Å². The molecule has 11 aromatic rings. The van der Waals surface area contributed by atoms with Crippen molar-refractivity contribution in [2.24, 2.45) is 0 Å². The van der Waals surface area contributed by atoms with Crippen molar-refractivity contribution >= 4 is 63.0 Å². The van der Waals surface area contributed by atoms with Crippen molar-refractivity contribution in [2.45, 2.75) is 0 Å². The van der Waals surface area contributed by atoms with Crippen LogP contribution in [0.1, 0.15) is 0 Å². The van der Waals surface area contributed by atoms with E-state index in [4.69, 9.17) is 15.0 Å². The SMILES string of the molecule is c1ccc(-c2cccc(-c3nc(-c4ccccc4)nc(-c4ccc5c(c4)sc4cc(-c6cc(-c7ccccc7)cc7sc8ccccc8c67)ccc45)n3)c2)cc1. The molecule has 0 N–H and O–H groups in total. The maximum atomic E-state index is 5.11. The third-order valence-electron chi connectivity index (χ3n) is 10.5. The Hall–Kier alpha value is -6.79. The van der Waals surface area contributed by atoms with Gasteiger partial charge in [0.1, 0.15) is 0 Å². The zero-order valence-electron chi connectivity index (χ0n) is 30.1. The highest BCUT2D eigenvalue weighted by molar-refractivity contribution is 7.26. The highest BCUT2D eigenvalue weighted by Gasteiger charge is 2.17. The van der Waals surface area contributed by atoms with Crippen molar-refractivity contribution in [3.63, 3.8) is 0 Å². The molecule has 0 saturated carbocycles. The van der Waals surface area contributed by atoms with Gasteiger partial charge < -0.3 is 0 Å². The molecular weight excluding hydrogens is 719 g/mol. The molecule has 8 aromatic carbocycles. The minimum atomic E-state index is 0.651. The quantitative estimate of drug-likeness (QED) is 0.170. The first kappa shape index (κ1) is 32.6. The van der Waals surface area contributed by atoms with Gasteiger partial charge in [-0.3, -0.25) is 0 Å². The van der Waals surface area contributed by atoms with Crippen LogP contribution in [0.15, 0.2) is 188 Å². The van der Waals surface area contributed by atoms with Crippen LogP contribution in [-0.4, -0.2) is 15.0 Å². The molecule has 0 aliphatic rings. The Labute approximate surface area is 331 Å². The summed E-state index contributed by atoms with van der Waals surface area (Å²) in [5.41, 5.74) is 10.1. The van der Waals surface area contributed by atoms with Gasteiger partial charge in [0.05, 0.1) is 0 Å². The van der Waals surface area contributed by atoms with Crippen molar-refractivity contribution in [1.82, 2.24) is 15.0 Å². The van der Waals surface area contributed by atoms with E-state index in [0.29, 0.717) is 17.5 Å². The molecule has 11 rings (SSSR count). The van der Waals surface area contributed by atoms with Gasteiger partial charge in [0, 0.05) is 57.0 Å². The van der Waals surface area contributed by atoms with E-state index in [1.807, 2.05) is 46.9 Å². The van der Waals surface area contributed by atoms with Crippen LogP contribution in [0.4, 0.5) is 0 Å². The third kappa shape index (κ3) is 5.77. The average Bonchev–Trinajstić information content (AvgIpc) is 3.84. The second-order valence-electron chi connectivity index (χ2n) is 14.0. The summed E-state index contributed by atoms with van der Waals surface area (Å²) in [7, 11) is 0. The topological polar surface area (TPSA) is 38.7 Å². The molecule has 0 saturated heterocycles. The summed E-state index contributed by atoms with van der Waals surface area (Å²) in [4.78, 5) is 15.2. The number of thiophene rings is 2. The second kappa shape index (κ2) is 13.5. The predicted molar refractivity (Wildman–Crippen MR) is 238 cm³/mol. The predicted octanol–water partition coefficient (Wildman–Crippen LogP) is 14.6. The van der Waals surface area contributed by atoms with Gasteiger partial charge in [0.15, 0.2) is 17.5 Å². The fourth-order valence-corrected chi connectivity index (χ4v) is 10.1. The van der Waals surface area contributed by atoms with Gasteiger partial charge in [-0.1, -0.05) is 152 Å². The Bertz CT molecular complexity index is 3240. The number of hydrogen-bond donors (Lipinski definition) is 0.